The summed E-state index contributed by atoms with van der Waals surface area (Å²) in [4.78, 5) is 28.0. The Bertz CT molecular complexity index is 786. The summed E-state index contributed by atoms with van der Waals surface area (Å²) in [6.07, 6.45) is -0.332. The fourth-order valence-corrected chi connectivity index (χ4v) is 2.81. The van der Waals surface area contributed by atoms with Gasteiger partial charge in [0.05, 0.1) is 12.2 Å². The number of amides is 2. The van der Waals surface area contributed by atoms with E-state index in [4.69, 9.17) is 9.26 Å². The summed E-state index contributed by atoms with van der Waals surface area (Å²) < 4.78 is 10.6. The van der Waals surface area contributed by atoms with Crippen LogP contribution in [0.3, 0.4) is 0 Å². The van der Waals surface area contributed by atoms with E-state index < -0.39 is 6.10 Å². The van der Waals surface area contributed by atoms with Crippen LogP contribution in [0.4, 0.5) is 5.69 Å². The topological polar surface area (TPSA) is 75.9 Å². The predicted molar refractivity (Wildman–Crippen MR) is 91.2 cm³/mol. The summed E-state index contributed by atoms with van der Waals surface area (Å²) in [6.45, 7) is 4.21. The van der Waals surface area contributed by atoms with Crippen LogP contribution in [0.1, 0.15) is 24.8 Å². The van der Waals surface area contributed by atoms with E-state index in [1.54, 1.807) is 36.8 Å². The number of fused-ring (bicyclic) bond motifs is 1. The lowest BCUT2D eigenvalue weighted by Gasteiger charge is -2.33. The molecule has 0 aliphatic carbocycles. The first-order valence-corrected chi connectivity index (χ1v) is 8.19. The molecule has 0 fully saturated rings. The Balaban J connectivity index is 1.64. The maximum atomic E-state index is 12.4. The molecule has 0 saturated heterocycles. The van der Waals surface area contributed by atoms with E-state index in [0.29, 0.717) is 36.0 Å². The van der Waals surface area contributed by atoms with Gasteiger partial charge in [0.15, 0.2) is 6.10 Å². The molecule has 0 saturated carbocycles. The van der Waals surface area contributed by atoms with E-state index in [0.717, 1.165) is 0 Å². The van der Waals surface area contributed by atoms with Gasteiger partial charge in [0.2, 0.25) is 5.91 Å². The van der Waals surface area contributed by atoms with E-state index >= 15 is 0 Å². The zero-order valence-corrected chi connectivity index (χ0v) is 14.6. The maximum absolute atomic E-state index is 12.4. The molecule has 2 amide bonds. The Hall–Kier alpha value is -2.83. The first kappa shape index (κ1) is 17.0. The molecular formula is C18H21N3O4. The number of hydrogen-bond donors (Lipinski definition) is 0. The van der Waals surface area contributed by atoms with Crippen LogP contribution in [0.25, 0.3) is 0 Å². The minimum Gasteiger partial charge on any atom is -0.479 e. The Labute approximate surface area is 146 Å². The third kappa shape index (κ3) is 3.65. The van der Waals surface area contributed by atoms with Gasteiger partial charge < -0.3 is 19.1 Å². The molecule has 2 aromatic rings. The van der Waals surface area contributed by atoms with E-state index in [2.05, 4.69) is 5.16 Å². The van der Waals surface area contributed by atoms with E-state index in [1.807, 2.05) is 24.3 Å². The van der Waals surface area contributed by atoms with Crippen LogP contribution in [0.5, 0.6) is 5.75 Å². The van der Waals surface area contributed by atoms with Crippen LogP contribution in [-0.2, 0) is 16.1 Å². The number of hydrogen-bond acceptors (Lipinski definition) is 5. The van der Waals surface area contributed by atoms with Crippen molar-refractivity contribution >= 4 is 17.5 Å². The third-order valence-corrected chi connectivity index (χ3v) is 4.12. The third-order valence-electron chi connectivity index (χ3n) is 4.12. The van der Waals surface area contributed by atoms with Gasteiger partial charge in [-0.3, -0.25) is 9.59 Å². The van der Waals surface area contributed by atoms with Gasteiger partial charge in [-0.05, 0) is 26.0 Å². The fraction of sp³-hybridized carbons (Fsp3) is 0.389. The first-order valence-electron chi connectivity index (χ1n) is 8.19. The molecule has 25 heavy (non-hydrogen) atoms. The van der Waals surface area contributed by atoms with Crippen LogP contribution < -0.4 is 9.64 Å². The maximum Gasteiger partial charge on any atom is 0.267 e. The van der Waals surface area contributed by atoms with Gasteiger partial charge in [0, 0.05) is 26.1 Å². The van der Waals surface area contributed by atoms with Crippen LogP contribution in [0.15, 0.2) is 34.9 Å². The average Bonchev–Trinajstić information content (AvgIpc) is 3.00. The van der Waals surface area contributed by atoms with Crippen LogP contribution in [-0.4, -0.2) is 41.6 Å². The molecule has 0 N–H and O–H groups in total. The summed E-state index contributed by atoms with van der Waals surface area (Å²) in [5.41, 5.74) is 1.41. The second-order valence-electron chi connectivity index (χ2n) is 6.15. The van der Waals surface area contributed by atoms with E-state index in [9.17, 15) is 9.59 Å². The highest BCUT2D eigenvalue weighted by molar-refractivity contribution is 6.00. The van der Waals surface area contributed by atoms with Crippen molar-refractivity contribution in [2.75, 3.05) is 18.5 Å². The highest BCUT2D eigenvalue weighted by Crippen LogP contribution is 2.33. The highest BCUT2D eigenvalue weighted by atomic mass is 16.5. The van der Waals surface area contributed by atoms with Crippen LogP contribution in [0, 0.1) is 6.92 Å². The van der Waals surface area contributed by atoms with E-state index in [-0.39, 0.29) is 18.2 Å². The molecule has 0 radical (unpaired) electrons. The fourth-order valence-electron chi connectivity index (χ4n) is 2.81. The monoisotopic (exact) mass is 343 g/mol. The lowest BCUT2D eigenvalue weighted by molar-refractivity contribution is -0.130. The second kappa shape index (κ2) is 6.96. The van der Waals surface area contributed by atoms with Gasteiger partial charge in [-0.2, -0.15) is 0 Å². The van der Waals surface area contributed by atoms with Crippen molar-refractivity contribution in [3.63, 3.8) is 0 Å². The summed E-state index contributed by atoms with van der Waals surface area (Å²) in [5, 5.41) is 3.89. The van der Waals surface area contributed by atoms with Gasteiger partial charge in [0.1, 0.15) is 17.2 Å². The number of aryl methyl sites for hydroxylation is 1. The van der Waals surface area contributed by atoms with Crippen LogP contribution >= 0.6 is 0 Å². The highest BCUT2D eigenvalue weighted by Gasteiger charge is 2.31. The number of carbonyl (C=O) groups excluding carboxylic acids is 2. The summed E-state index contributed by atoms with van der Waals surface area (Å²) >= 11 is 0. The normalized spacial score (nSPS) is 16.4. The molecule has 1 atom stereocenters. The quantitative estimate of drug-likeness (QED) is 0.831. The summed E-state index contributed by atoms with van der Waals surface area (Å²) in [7, 11) is 1.71. The number of ether oxygens (including phenoxy) is 1. The SMILES string of the molecule is Cc1cc(CN(C)C(=O)CCN2C(=O)[C@@H](C)Oc3ccccc32)no1. The Morgan fingerprint density at radius 2 is 2.12 bits per heavy atom. The Morgan fingerprint density at radius 1 is 1.36 bits per heavy atom. The van der Waals surface area contributed by atoms with E-state index in [1.165, 1.54) is 0 Å². The van der Waals surface area contributed by atoms with Crippen molar-refractivity contribution in [2.24, 2.45) is 0 Å². The number of nitrogens with zero attached hydrogens (tertiary/aromatic N) is 3. The number of benzene rings is 1. The molecule has 3 rings (SSSR count). The van der Waals surface area contributed by atoms with Crippen molar-refractivity contribution < 1.29 is 18.8 Å². The standard InChI is InChI=1S/C18H21N3O4/c1-12-10-14(19-25-12)11-20(3)17(22)8-9-21-15-6-4-5-7-16(15)24-13(2)18(21)23/h4-7,10,13H,8-9,11H2,1-3H3/t13-/m1/s1. The lowest BCUT2D eigenvalue weighted by atomic mass is 10.1. The van der Waals surface area contributed by atoms with Crippen molar-refractivity contribution in [1.82, 2.24) is 10.1 Å². The minimum absolute atomic E-state index is 0.0647. The zero-order chi connectivity index (χ0) is 18.0. The lowest BCUT2D eigenvalue weighted by Crippen LogP contribution is -2.45. The van der Waals surface area contributed by atoms with Crippen molar-refractivity contribution in [3.8, 4) is 5.75 Å². The number of aromatic nitrogens is 1. The first-order chi connectivity index (χ1) is 12.0. The van der Waals surface area contributed by atoms with Crippen LogP contribution in [0.2, 0.25) is 0 Å². The Morgan fingerprint density at radius 3 is 2.84 bits per heavy atom. The van der Waals surface area contributed by atoms with Gasteiger partial charge in [-0.1, -0.05) is 17.3 Å². The molecule has 0 unspecified atom stereocenters. The van der Waals surface area contributed by atoms with Crippen molar-refractivity contribution in [2.45, 2.75) is 32.9 Å². The van der Waals surface area contributed by atoms with Gasteiger partial charge in [0.25, 0.3) is 5.91 Å². The molecule has 2 heterocycles. The second-order valence-corrected chi connectivity index (χ2v) is 6.15. The molecular weight excluding hydrogens is 322 g/mol. The number of anilines is 1. The number of rotatable bonds is 5. The molecule has 1 aromatic carbocycles. The smallest absolute Gasteiger partial charge is 0.267 e. The molecule has 7 heteroatoms. The predicted octanol–water partition coefficient (Wildman–Crippen LogP) is 2.15. The largest absolute Gasteiger partial charge is 0.479 e. The number of carbonyl (C=O) groups is 2. The molecule has 1 aliphatic heterocycles. The average molecular weight is 343 g/mol. The minimum atomic E-state index is -0.555. The van der Waals surface area contributed by atoms with Crippen molar-refractivity contribution in [3.05, 3.63) is 41.8 Å². The molecule has 7 nitrogen and oxygen atoms in total. The summed E-state index contributed by atoms with van der Waals surface area (Å²) in [6, 6.07) is 9.16. The molecule has 1 aromatic heterocycles. The summed E-state index contributed by atoms with van der Waals surface area (Å²) in [5.74, 6) is 1.17. The zero-order valence-electron chi connectivity index (χ0n) is 14.6. The molecule has 132 valence electrons. The van der Waals surface area contributed by atoms with Gasteiger partial charge >= 0.3 is 0 Å². The molecule has 1 aliphatic rings. The number of para-hydroxylation sites is 2. The molecule has 0 spiro atoms. The van der Waals surface area contributed by atoms with Gasteiger partial charge in [-0.25, -0.2) is 0 Å². The Kier molecular flexibility index (Phi) is 4.74. The van der Waals surface area contributed by atoms with Crippen molar-refractivity contribution in [1.29, 1.82) is 0 Å². The molecule has 0 bridgehead atoms. The van der Waals surface area contributed by atoms with Gasteiger partial charge in [-0.15, -0.1) is 0 Å².